The normalized spacial score (nSPS) is 13.8. The molecule has 0 aliphatic heterocycles. The van der Waals surface area contributed by atoms with Crippen molar-refractivity contribution in [2.24, 2.45) is 5.92 Å². The highest BCUT2D eigenvalue weighted by atomic mass is 19.2. The first-order valence-electron chi connectivity index (χ1n) is 6.45. The van der Waals surface area contributed by atoms with Crippen LogP contribution in [0.25, 0.3) is 0 Å². The van der Waals surface area contributed by atoms with Gasteiger partial charge in [0.05, 0.1) is 12.6 Å². The molecule has 0 radical (unpaired) electrons. The van der Waals surface area contributed by atoms with Gasteiger partial charge in [0.1, 0.15) is 0 Å². The minimum absolute atomic E-state index is 0.0406. The van der Waals surface area contributed by atoms with Gasteiger partial charge in [0.25, 0.3) is 0 Å². The minimum atomic E-state index is -1.59. The number of aliphatic hydroxyl groups is 1. The molecule has 1 amide bonds. The van der Waals surface area contributed by atoms with Crippen LogP contribution in [-0.2, 0) is 9.53 Å². The molecule has 0 aliphatic rings. The second-order valence-electron chi connectivity index (χ2n) is 4.72. The summed E-state index contributed by atoms with van der Waals surface area (Å²) in [5.41, 5.74) is -0.0406. The van der Waals surface area contributed by atoms with E-state index in [0.717, 1.165) is 12.1 Å². The summed E-state index contributed by atoms with van der Waals surface area (Å²) in [7, 11) is 1.51. The third-order valence-corrected chi connectivity index (χ3v) is 3.11. The van der Waals surface area contributed by atoms with E-state index in [4.69, 9.17) is 4.74 Å². The van der Waals surface area contributed by atoms with E-state index in [9.17, 15) is 23.1 Å². The Morgan fingerprint density at radius 2 is 1.90 bits per heavy atom. The fourth-order valence-corrected chi connectivity index (χ4v) is 1.75. The van der Waals surface area contributed by atoms with Crippen LogP contribution < -0.4 is 5.32 Å². The Kier molecular flexibility index (Phi) is 6.64. The topological polar surface area (TPSA) is 58.6 Å². The summed E-state index contributed by atoms with van der Waals surface area (Å²) in [5, 5.41) is 11.7. The van der Waals surface area contributed by atoms with Gasteiger partial charge in [-0.05, 0) is 24.1 Å². The molecule has 0 heterocycles. The molecule has 2 N–H and O–H groups in total. The SMILES string of the molecule is COCCC(C)C(=O)NC(CO)c1cc(F)c(F)c(F)c1. The fraction of sp³-hybridized carbons (Fsp3) is 0.500. The fourth-order valence-electron chi connectivity index (χ4n) is 1.75. The number of ether oxygens (including phenoxy) is 1. The third kappa shape index (κ3) is 4.71. The van der Waals surface area contributed by atoms with Crippen molar-refractivity contribution in [2.75, 3.05) is 20.3 Å². The molecule has 7 heteroatoms. The highest BCUT2D eigenvalue weighted by Gasteiger charge is 2.21. The van der Waals surface area contributed by atoms with Crippen LogP contribution in [0.3, 0.4) is 0 Å². The zero-order valence-corrected chi connectivity index (χ0v) is 11.8. The number of methoxy groups -OCH3 is 1. The molecule has 2 unspecified atom stereocenters. The molecule has 4 nitrogen and oxygen atoms in total. The largest absolute Gasteiger partial charge is 0.394 e. The second kappa shape index (κ2) is 7.99. The molecule has 0 fully saturated rings. The minimum Gasteiger partial charge on any atom is -0.394 e. The van der Waals surface area contributed by atoms with Crippen molar-refractivity contribution in [2.45, 2.75) is 19.4 Å². The average molecular weight is 305 g/mol. The number of carbonyl (C=O) groups excluding carboxylic acids is 1. The van der Waals surface area contributed by atoms with Crippen LogP contribution in [0.5, 0.6) is 0 Å². The van der Waals surface area contributed by atoms with Crippen LogP contribution in [0, 0.1) is 23.4 Å². The van der Waals surface area contributed by atoms with Crippen molar-refractivity contribution < 1.29 is 27.8 Å². The van der Waals surface area contributed by atoms with E-state index in [0.29, 0.717) is 13.0 Å². The van der Waals surface area contributed by atoms with Gasteiger partial charge in [-0.3, -0.25) is 4.79 Å². The van der Waals surface area contributed by atoms with Crippen molar-refractivity contribution in [3.8, 4) is 0 Å². The average Bonchev–Trinajstić information content (AvgIpc) is 2.46. The van der Waals surface area contributed by atoms with Gasteiger partial charge in [-0.2, -0.15) is 0 Å². The molecule has 0 spiro atoms. The number of hydrogen-bond acceptors (Lipinski definition) is 3. The summed E-state index contributed by atoms with van der Waals surface area (Å²) in [6, 6.07) is 0.491. The summed E-state index contributed by atoms with van der Waals surface area (Å²) in [5.74, 6) is -5.11. The molecule has 0 aromatic heterocycles. The molecular formula is C14H18F3NO3. The maximum atomic E-state index is 13.2. The van der Waals surface area contributed by atoms with Gasteiger partial charge in [-0.1, -0.05) is 6.92 Å². The van der Waals surface area contributed by atoms with Gasteiger partial charge in [-0.15, -0.1) is 0 Å². The Labute approximate surface area is 120 Å². The van der Waals surface area contributed by atoms with Gasteiger partial charge in [0, 0.05) is 19.6 Å². The first-order chi connectivity index (χ1) is 9.90. The summed E-state index contributed by atoms with van der Waals surface area (Å²) < 4.78 is 44.1. The van der Waals surface area contributed by atoms with Crippen LogP contribution in [0.15, 0.2) is 12.1 Å². The van der Waals surface area contributed by atoms with E-state index in [1.807, 2.05) is 0 Å². The Morgan fingerprint density at radius 1 is 1.33 bits per heavy atom. The predicted octanol–water partition coefficient (Wildman–Crippen LogP) is 1.93. The summed E-state index contributed by atoms with van der Waals surface area (Å²) in [6.07, 6.45) is 0.465. The molecule has 0 saturated heterocycles. The predicted molar refractivity (Wildman–Crippen MR) is 69.9 cm³/mol. The van der Waals surface area contributed by atoms with Crippen molar-refractivity contribution in [1.82, 2.24) is 5.32 Å². The van der Waals surface area contributed by atoms with Crippen LogP contribution in [0.2, 0.25) is 0 Å². The van der Waals surface area contributed by atoms with Gasteiger partial charge in [0.2, 0.25) is 5.91 Å². The first kappa shape index (κ1) is 17.5. The summed E-state index contributed by atoms with van der Waals surface area (Å²) in [6.45, 7) is 1.49. The Hall–Kier alpha value is -1.60. The van der Waals surface area contributed by atoms with Gasteiger partial charge in [-0.25, -0.2) is 13.2 Å². The molecule has 0 saturated carbocycles. The highest BCUT2D eigenvalue weighted by molar-refractivity contribution is 5.78. The number of hydrogen-bond donors (Lipinski definition) is 2. The maximum Gasteiger partial charge on any atom is 0.223 e. The Bertz CT molecular complexity index is 473. The van der Waals surface area contributed by atoms with E-state index < -0.39 is 41.9 Å². The van der Waals surface area contributed by atoms with Crippen molar-refractivity contribution in [3.63, 3.8) is 0 Å². The lowest BCUT2D eigenvalue weighted by Gasteiger charge is -2.20. The zero-order chi connectivity index (χ0) is 16.0. The van der Waals surface area contributed by atoms with E-state index in [1.165, 1.54) is 7.11 Å². The lowest BCUT2D eigenvalue weighted by Crippen LogP contribution is -2.35. The number of nitrogens with one attached hydrogen (secondary N) is 1. The number of amides is 1. The second-order valence-corrected chi connectivity index (χ2v) is 4.72. The Morgan fingerprint density at radius 3 is 2.38 bits per heavy atom. The lowest BCUT2D eigenvalue weighted by atomic mass is 10.0. The van der Waals surface area contributed by atoms with Gasteiger partial charge < -0.3 is 15.2 Å². The van der Waals surface area contributed by atoms with E-state index in [1.54, 1.807) is 6.92 Å². The number of rotatable bonds is 7. The molecule has 1 aromatic rings. The van der Waals surface area contributed by atoms with Crippen molar-refractivity contribution >= 4 is 5.91 Å². The van der Waals surface area contributed by atoms with Crippen LogP contribution in [0.4, 0.5) is 13.2 Å². The molecular weight excluding hydrogens is 287 g/mol. The highest BCUT2D eigenvalue weighted by Crippen LogP contribution is 2.20. The zero-order valence-electron chi connectivity index (χ0n) is 11.8. The van der Waals surface area contributed by atoms with E-state index in [2.05, 4.69) is 5.32 Å². The van der Waals surface area contributed by atoms with Crippen molar-refractivity contribution in [3.05, 3.63) is 35.1 Å². The quantitative estimate of drug-likeness (QED) is 0.757. The smallest absolute Gasteiger partial charge is 0.223 e. The van der Waals surface area contributed by atoms with Crippen LogP contribution in [-0.4, -0.2) is 31.3 Å². The first-order valence-corrected chi connectivity index (χ1v) is 6.45. The summed E-state index contributed by atoms with van der Waals surface area (Å²) in [4.78, 5) is 11.9. The van der Waals surface area contributed by atoms with E-state index >= 15 is 0 Å². The maximum absolute atomic E-state index is 13.2. The van der Waals surface area contributed by atoms with Crippen LogP contribution in [0.1, 0.15) is 24.9 Å². The molecule has 21 heavy (non-hydrogen) atoms. The lowest BCUT2D eigenvalue weighted by molar-refractivity contribution is -0.126. The van der Waals surface area contributed by atoms with Crippen LogP contribution >= 0.6 is 0 Å². The molecule has 2 atom stereocenters. The molecule has 118 valence electrons. The van der Waals surface area contributed by atoms with Gasteiger partial charge in [0.15, 0.2) is 17.5 Å². The molecule has 1 aromatic carbocycles. The number of aliphatic hydroxyl groups excluding tert-OH is 1. The number of benzene rings is 1. The standard InChI is InChI=1S/C14H18F3NO3/c1-8(3-4-21-2)14(20)18-12(7-19)9-5-10(15)13(17)11(16)6-9/h5-6,8,12,19H,3-4,7H2,1-2H3,(H,18,20). The summed E-state index contributed by atoms with van der Waals surface area (Å²) >= 11 is 0. The molecule has 0 bridgehead atoms. The van der Waals surface area contributed by atoms with E-state index in [-0.39, 0.29) is 5.56 Å². The monoisotopic (exact) mass is 305 g/mol. The number of halogens is 3. The molecule has 1 rings (SSSR count). The van der Waals surface area contributed by atoms with Crippen molar-refractivity contribution in [1.29, 1.82) is 0 Å². The third-order valence-electron chi connectivity index (χ3n) is 3.11. The van der Waals surface area contributed by atoms with Gasteiger partial charge >= 0.3 is 0 Å². The number of carbonyl (C=O) groups is 1. The Balaban J connectivity index is 2.82. The molecule has 0 aliphatic carbocycles.